The van der Waals surface area contributed by atoms with Crippen LogP contribution in [-0.2, 0) is 4.79 Å². The number of anilines is 1. The molecule has 9 heteroatoms. The van der Waals surface area contributed by atoms with Crippen LogP contribution in [0.2, 0.25) is 0 Å². The van der Waals surface area contributed by atoms with Crippen molar-refractivity contribution in [1.82, 2.24) is 19.5 Å². The normalized spacial score (nSPS) is 18.0. The molecule has 164 valence electrons. The van der Waals surface area contributed by atoms with E-state index in [4.69, 9.17) is 11.0 Å². The van der Waals surface area contributed by atoms with E-state index in [0.29, 0.717) is 29.9 Å². The van der Waals surface area contributed by atoms with Gasteiger partial charge in [-0.2, -0.15) is 10.4 Å². The van der Waals surface area contributed by atoms with E-state index in [1.807, 2.05) is 37.4 Å². The number of nitrogens with one attached hydrogen (secondary N) is 1. The molecule has 32 heavy (non-hydrogen) atoms. The highest BCUT2D eigenvalue weighted by Crippen LogP contribution is 2.31. The third-order valence-electron chi connectivity index (χ3n) is 6.03. The zero-order chi connectivity index (χ0) is 22.8. The van der Waals surface area contributed by atoms with Crippen LogP contribution < -0.4 is 11.1 Å². The molecule has 0 bridgehead atoms. The molecule has 0 unspecified atom stereocenters. The highest BCUT2D eigenvalue weighted by Gasteiger charge is 2.35. The number of primary amides is 1. The number of nitrogens with zero attached hydrogens (tertiary/aromatic N) is 5. The molecule has 3 N–H and O–H groups in total. The molecule has 2 amide bonds. The van der Waals surface area contributed by atoms with Gasteiger partial charge in [0.25, 0.3) is 5.91 Å². The van der Waals surface area contributed by atoms with E-state index in [2.05, 4.69) is 22.3 Å². The summed E-state index contributed by atoms with van der Waals surface area (Å²) in [6.45, 7) is 5.03. The Bertz CT molecular complexity index is 1210. The zero-order valence-electron chi connectivity index (χ0n) is 18.1. The van der Waals surface area contributed by atoms with Crippen molar-refractivity contribution < 1.29 is 9.59 Å². The van der Waals surface area contributed by atoms with Gasteiger partial charge in [0, 0.05) is 48.3 Å². The number of nitriles is 1. The highest BCUT2D eigenvalue weighted by molar-refractivity contribution is 6.02. The summed E-state index contributed by atoms with van der Waals surface area (Å²) in [6, 6.07) is 7.72. The Morgan fingerprint density at radius 1 is 1.28 bits per heavy atom. The van der Waals surface area contributed by atoms with E-state index in [9.17, 15) is 9.59 Å². The number of pyridine rings is 1. The molecule has 1 aliphatic heterocycles. The largest absolute Gasteiger partial charge is 0.378 e. The topological polar surface area (TPSA) is 129 Å². The molecule has 1 aliphatic rings. The number of hydrogen-bond acceptors (Lipinski definition) is 6. The third-order valence-corrected chi connectivity index (χ3v) is 6.03. The molecule has 4 heterocycles. The van der Waals surface area contributed by atoms with Crippen LogP contribution in [0.15, 0.2) is 36.8 Å². The Kier molecular flexibility index (Phi) is 5.77. The zero-order valence-corrected chi connectivity index (χ0v) is 18.1. The summed E-state index contributed by atoms with van der Waals surface area (Å²) in [5, 5.41) is 16.7. The second-order valence-electron chi connectivity index (χ2n) is 8.10. The minimum atomic E-state index is -0.578. The van der Waals surface area contributed by atoms with Crippen LogP contribution in [0.4, 0.5) is 5.69 Å². The number of aryl methyl sites for hydroxylation is 1. The van der Waals surface area contributed by atoms with Crippen LogP contribution in [0.25, 0.3) is 16.6 Å². The SMILES string of the molecule is CC[C@H]1CN(C(=O)CC#N)C[C@H]1Nc1c(C(N)=O)cnn2cc(-c3ccc(C)nc3)cc12. The molecule has 3 aromatic rings. The molecule has 3 aromatic heterocycles. The number of aromatic nitrogens is 3. The summed E-state index contributed by atoms with van der Waals surface area (Å²) in [7, 11) is 0. The van der Waals surface area contributed by atoms with Crippen LogP contribution >= 0.6 is 0 Å². The Labute approximate surface area is 185 Å². The van der Waals surface area contributed by atoms with Gasteiger partial charge in [-0.1, -0.05) is 13.0 Å². The first-order chi connectivity index (χ1) is 15.4. The van der Waals surface area contributed by atoms with E-state index < -0.39 is 5.91 Å². The van der Waals surface area contributed by atoms with E-state index in [1.54, 1.807) is 15.6 Å². The molecule has 1 fully saturated rings. The molecule has 2 atom stereocenters. The summed E-state index contributed by atoms with van der Waals surface area (Å²) < 4.78 is 1.71. The molecular weight excluding hydrogens is 406 g/mol. The van der Waals surface area contributed by atoms with Crippen molar-refractivity contribution in [3.63, 3.8) is 0 Å². The Morgan fingerprint density at radius 2 is 2.09 bits per heavy atom. The minimum absolute atomic E-state index is 0.0775. The van der Waals surface area contributed by atoms with Gasteiger partial charge in [0.1, 0.15) is 6.42 Å². The van der Waals surface area contributed by atoms with Crippen molar-refractivity contribution in [2.24, 2.45) is 11.7 Å². The van der Waals surface area contributed by atoms with Crippen molar-refractivity contribution in [1.29, 1.82) is 5.26 Å². The maximum absolute atomic E-state index is 12.3. The Hall–Kier alpha value is -3.93. The lowest BCUT2D eigenvalue weighted by molar-refractivity contribution is -0.129. The molecule has 1 saturated heterocycles. The average Bonchev–Trinajstić information content (AvgIpc) is 3.39. The van der Waals surface area contributed by atoms with Crippen molar-refractivity contribution in [2.45, 2.75) is 32.7 Å². The quantitative estimate of drug-likeness (QED) is 0.616. The molecular formula is C23H25N7O2. The predicted molar refractivity (Wildman–Crippen MR) is 120 cm³/mol. The fourth-order valence-corrected chi connectivity index (χ4v) is 4.21. The molecule has 0 spiro atoms. The van der Waals surface area contributed by atoms with Gasteiger partial charge in [-0.3, -0.25) is 14.6 Å². The van der Waals surface area contributed by atoms with Gasteiger partial charge < -0.3 is 16.0 Å². The van der Waals surface area contributed by atoms with E-state index in [-0.39, 0.29) is 24.3 Å². The lowest BCUT2D eigenvalue weighted by atomic mass is 10.00. The van der Waals surface area contributed by atoms with Gasteiger partial charge in [-0.25, -0.2) is 4.52 Å². The Balaban J connectivity index is 1.72. The maximum atomic E-state index is 12.3. The molecule has 0 aliphatic carbocycles. The number of nitrogens with two attached hydrogens (primary N) is 1. The molecule has 0 radical (unpaired) electrons. The number of carbonyl (C=O) groups excluding carboxylic acids is 2. The summed E-state index contributed by atoms with van der Waals surface area (Å²) >= 11 is 0. The third kappa shape index (κ3) is 3.99. The first-order valence-electron chi connectivity index (χ1n) is 10.6. The van der Waals surface area contributed by atoms with Gasteiger partial charge in [-0.15, -0.1) is 0 Å². The molecule has 0 aromatic carbocycles. The maximum Gasteiger partial charge on any atom is 0.252 e. The van der Waals surface area contributed by atoms with E-state index in [0.717, 1.165) is 23.2 Å². The lowest BCUT2D eigenvalue weighted by Crippen LogP contribution is -2.32. The monoisotopic (exact) mass is 431 g/mol. The van der Waals surface area contributed by atoms with Crippen LogP contribution in [-0.4, -0.2) is 50.4 Å². The minimum Gasteiger partial charge on any atom is -0.378 e. The first kappa shape index (κ1) is 21.3. The van der Waals surface area contributed by atoms with Gasteiger partial charge >= 0.3 is 0 Å². The fraction of sp³-hybridized carbons (Fsp3) is 0.348. The summed E-state index contributed by atoms with van der Waals surface area (Å²) in [5.74, 6) is -0.574. The van der Waals surface area contributed by atoms with Crippen LogP contribution in [0.1, 0.15) is 35.8 Å². The molecule has 0 saturated carbocycles. The standard InChI is InChI=1S/C23H25N7O2/c1-3-15-11-29(21(31)6-7-24)13-19(15)28-22-18(23(25)32)10-27-30-12-17(8-20(22)30)16-5-4-14(2)26-9-16/h4-5,8-10,12,15,19,28H,3,6,11,13H2,1-2H3,(H2,25,32)/t15-,19+/m0/s1. The van der Waals surface area contributed by atoms with Crippen molar-refractivity contribution in [3.8, 4) is 17.2 Å². The number of likely N-dealkylation sites (tertiary alicyclic amines) is 1. The van der Waals surface area contributed by atoms with Crippen LogP contribution in [0, 0.1) is 24.2 Å². The highest BCUT2D eigenvalue weighted by atomic mass is 16.2. The number of fused-ring (bicyclic) bond motifs is 1. The summed E-state index contributed by atoms with van der Waals surface area (Å²) in [5.41, 5.74) is 10.0. The van der Waals surface area contributed by atoms with Crippen molar-refractivity contribution in [2.75, 3.05) is 18.4 Å². The lowest BCUT2D eigenvalue weighted by Gasteiger charge is -2.21. The van der Waals surface area contributed by atoms with Crippen LogP contribution in [0.3, 0.4) is 0 Å². The second kappa shape index (κ2) is 8.67. The van der Waals surface area contributed by atoms with Gasteiger partial charge in [0.05, 0.1) is 29.0 Å². The number of hydrogen-bond donors (Lipinski definition) is 2. The number of amides is 2. The van der Waals surface area contributed by atoms with E-state index >= 15 is 0 Å². The summed E-state index contributed by atoms with van der Waals surface area (Å²) in [4.78, 5) is 30.5. The van der Waals surface area contributed by atoms with E-state index in [1.165, 1.54) is 6.20 Å². The first-order valence-corrected chi connectivity index (χ1v) is 10.6. The van der Waals surface area contributed by atoms with Crippen molar-refractivity contribution >= 4 is 23.0 Å². The Morgan fingerprint density at radius 3 is 2.75 bits per heavy atom. The van der Waals surface area contributed by atoms with Gasteiger partial charge in [0.2, 0.25) is 5.91 Å². The fourth-order valence-electron chi connectivity index (χ4n) is 4.21. The van der Waals surface area contributed by atoms with Crippen LogP contribution in [0.5, 0.6) is 0 Å². The molecule has 9 nitrogen and oxygen atoms in total. The van der Waals surface area contributed by atoms with Crippen molar-refractivity contribution in [3.05, 3.63) is 48.0 Å². The number of carbonyl (C=O) groups is 2. The van der Waals surface area contributed by atoms with Gasteiger partial charge in [-0.05, 0) is 31.4 Å². The average molecular weight is 432 g/mol. The predicted octanol–water partition coefficient (Wildman–Crippen LogP) is 2.37. The van der Waals surface area contributed by atoms with Gasteiger partial charge in [0.15, 0.2) is 0 Å². The number of rotatable bonds is 6. The molecule has 4 rings (SSSR count). The summed E-state index contributed by atoms with van der Waals surface area (Å²) in [6.07, 6.45) is 5.86. The second-order valence-corrected chi connectivity index (χ2v) is 8.10. The smallest absolute Gasteiger partial charge is 0.252 e.